The van der Waals surface area contributed by atoms with Crippen molar-refractivity contribution >= 4 is 57.5 Å². The van der Waals surface area contributed by atoms with Crippen molar-refractivity contribution < 1.29 is 29.0 Å². The lowest BCUT2D eigenvalue weighted by atomic mass is 10.2. The monoisotopic (exact) mass is 463 g/mol. The zero-order chi connectivity index (χ0) is 18.0. The number of hydrogen-bond donors (Lipinski definition) is 1. The van der Waals surface area contributed by atoms with Gasteiger partial charge in [0.25, 0.3) is 11.1 Å². The Hall–Kier alpha value is -1.75. The first-order valence-electron chi connectivity index (χ1n) is 6.71. The number of halogens is 1. The average molecular weight is 463 g/mol. The summed E-state index contributed by atoms with van der Waals surface area (Å²) >= 11 is 2.67. The maximum atomic E-state index is 12.4. The number of aromatic hydroxyl groups is 1. The number of phenols is 1. The Kier molecular flexibility index (Phi) is 5.75. The number of hydrogen-bond acceptors (Lipinski definition) is 7. The lowest BCUT2D eigenvalue weighted by molar-refractivity contribution is -0.148. The summed E-state index contributed by atoms with van der Waals surface area (Å²) in [6, 6.07) is 2.20. The normalized spacial score (nSPS) is 17.3. The second-order valence-electron chi connectivity index (χ2n) is 4.80. The van der Waals surface area contributed by atoms with Crippen molar-refractivity contribution in [2.45, 2.75) is 13.0 Å². The molecular formula is C15H14INO6S. The van der Waals surface area contributed by atoms with E-state index in [9.17, 15) is 19.5 Å². The average Bonchev–Trinajstić information content (AvgIpc) is 2.83. The third-order valence-corrected chi connectivity index (χ3v) is 5.03. The second-order valence-corrected chi connectivity index (χ2v) is 6.96. The Morgan fingerprint density at radius 1 is 1.38 bits per heavy atom. The van der Waals surface area contributed by atoms with E-state index in [0.29, 0.717) is 9.13 Å². The van der Waals surface area contributed by atoms with E-state index >= 15 is 0 Å². The number of ether oxygens (including phenoxy) is 2. The highest BCUT2D eigenvalue weighted by Gasteiger charge is 2.41. The lowest BCUT2D eigenvalue weighted by Crippen LogP contribution is -2.42. The van der Waals surface area contributed by atoms with Crippen LogP contribution in [0.1, 0.15) is 12.5 Å². The molecule has 1 aromatic carbocycles. The molecule has 1 saturated heterocycles. The molecular weight excluding hydrogens is 449 g/mol. The van der Waals surface area contributed by atoms with Crippen LogP contribution in [0.2, 0.25) is 0 Å². The number of phenolic OH excluding ortho intramolecular Hbond substituents is 1. The van der Waals surface area contributed by atoms with E-state index in [2.05, 4.69) is 4.74 Å². The number of esters is 1. The van der Waals surface area contributed by atoms with Crippen molar-refractivity contribution in [3.05, 3.63) is 26.2 Å². The largest absolute Gasteiger partial charge is 0.504 e. The maximum Gasteiger partial charge on any atom is 0.328 e. The summed E-state index contributed by atoms with van der Waals surface area (Å²) in [6.07, 6.45) is 1.51. The Balaban J connectivity index is 2.36. The minimum Gasteiger partial charge on any atom is -0.504 e. The van der Waals surface area contributed by atoms with Crippen LogP contribution < -0.4 is 4.74 Å². The van der Waals surface area contributed by atoms with E-state index < -0.39 is 23.2 Å². The van der Waals surface area contributed by atoms with Crippen molar-refractivity contribution in [2.75, 3.05) is 14.2 Å². The fourth-order valence-corrected chi connectivity index (χ4v) is 3.61. The van der Waals surface area contributed by atoms with Crippen LogP contribution >= 0.6 is 34.4 Å². The molecule has 1 aliphatic rings. The molecule has 0 saturated carbocycles. The van der Waals surface area contributed by atoms with Gasteiger partial charge >= 0.3 is 5.97 Å². The van der Waals surface area contributed by atoms with Gasteiger partial charge < -0.3 is 14.6 Å². The number of amides is 2. The smallest absolute Gasteiger partial charge is 0.328 e. The van der Waals surface area contributed by atoms with E-state index in [-0.39, 0.29) is 16.4 Å². The van der Waals surface area contributed by atoms with Gasteiger partial charge in [0.05, 0.1) is 22.7 Å². The second kappa shape index (κ2) is 7.43. The molecule has 0 bridgehead atoms. The molecule has 0 spiro atoms. The number of imide groups is 1. The van der Waals surface area contributed by atoms with Crippen LogP contribution in [0.15, 0.2) is 17.0 Å². The summed E-state index contributed by atoms with van der Waals surface area (Å²) < 4.78 is 10.2. The molecule has 1 heterocycles. The van der Waals surface area contributed by atoms with Gasteiger partial charge in [-0.15, -0.1) is 0 Å². The molecule has 1 fully saturated rings. The van der Waals surface area contributed by atoms with Crippen LogP contribution in [-0.2, 0) is 14.3 Å². The van der Waals surface area contributed by atoms with Crippen LogP contribution in [0, 0.1) is 3.57 Å². The van der Waals surface area contributed by atoms with Crippen molar-refractivity contribution in [3.8, 4) is 11.5 Å². The lowest BCUT2D eigenvalue weighted by Gasteiger charge is -2.18. The van der Waals surface area contributed by atoms with E-state index in [1.165, 1.54) is 27.2 Å². The number of nitrogens with zero attached hydrogens (tertiary/aromatic N) is 1. The number of methoxy groups -OCH3 is 2. The van der Waals surface area contributed by atoms with E-state index in [1.807, 2.05) is 22.6 Å². The molecule has 1 aliphatic heterocycles. The molecule has 0 aliphatic carbocycles. The van der Waals surface area contributed by atoms with E-state index in [4.69, 9.17) is 4.74 Å². The molecule has 9 heteroatoms. The SMILES string of the molecule is COC(=O)C(C)N1C(=O)S/C(=C/c2cc(I)c(O)c(OC)c2)C1=O. The standard InChI is InChI=1S/C15H14INO6S/c1-7(14(20)23-3)17-13(19)11(24-15(17)21)6-8-4-9(16)12(18)10(5-8)22-2/h4-7,18H,1-3H3/b11-6+. The van der Waals surface area contributed by atoms with Gasteiger partial charge in [0.2, 0.25) is 0 Å². The van der Waals surface area contributed by atoms with Gasteiger partial charge in [-0.1, -0.05) is 0 Å². The van der Waals surface area contributed by atoms with Gasteiger partial charge in [-0.3, -0.25) is 14.5 Å². The fourth-order valence-electron chi connectivity index (χ4n) is 2.07. The van der Waals surface area contributed by atoms with Crippen LogP contribution in [-0.4, -0.2) is 47.4 Å². The summed E-state index contributed by atoms with van der Waals surface area (Å²) in [6.45, 7) is 1.43. The third-order valence-electron chi connectivity index (χ3n) is 3.32. The first kappa shape index (κ1) is 18.6. The van der Waals surface area contributed by atoms with Crippen LogP contribution in [0.5, 0.6) is 11.5 Å². The van der Waals surface area contributed by atoms with Gasteiger partial charge in [-0.05, 0) is 65.0 Å². The van der Waals surface area contributed by atoms with Gasteiger partial charge in [-0.2, -0.15) is 0 Å². The maximum absolute atomic E-state index is 12.4. The summed E-state index contributed by atoms with van der Waals surface area (Å²) in [7, 11) is 2.61. The zero-order valence-electron chi connectivity index (χ0n) is 13.0. The zero-order valence-corrected chi connectivity index (χ0v) is 16.0. The van der Waals surface area contributed by atoms with Crippen LogP contribution in [0.3, 0.4) is 0 Å². The minimum absolute atomic E-state index is 0.00247. The molecule has 7 nitrogen and oxygen atoms in total. The van der Waals surface area contributed by atoms with Crippen LogP contribution in [0.25, 0.3) is 6.08 Å². The Labute approximate surface area is 156 Å². The van der Waals surface area contributed by atoms with Gasteiger partial charge in [0.15, 0.2) is 11.5 Å². The van der Waals surface area contributed by atoms with Gasteiger partial charge in [-0.25, -0.2) is 4.79 Å². The predicted octanol–water partition coefficient (Wildman–Crippen LogP) is 2.60. The Morgan fingerprint density at radius 3 is 2.62 bits per heavy atom. The molecule has 0 aromatic heterocycles. The highest BCUT2D eigenvalue weighted by atomic mass is 127. The highest BCUT2D eigenvalue weighted by molar-refractivity contribution is 14.1. The molecule has 128 valence electrons. The minimum atomic E-state index is -0.997. The predicted molar refractivity (Wildman–Crippen MR) is 96.7 cm³/mol. The highest BCUT2D eigenvalue weighted by Crippen LogP contribution is 2.37. The molecule has 1 unspecified atom stereocenters. The number of rotatable bonds is 4. The van der Waals surface area contributed by atoms with Gasteiger partial charge in [0.1, 0.15) is 6.04 Å². The fraction of sp³-hybridized carbons (Fsp3) is 0.267. The summed E-state index contributed by atoms with van der Waals surface area (Å²) in [4.78, 5) is 37.1. The quantitative estimate of drug-likeness (QED) is 0.417. The van der Waals surface area contributed by atoms with Crippen molar-refractivity contribution in [2.24, 2.45) is 0 Å². The summed E-state index contributed by atoms with van der Waals surface area (Å²) in [5.74, 6) is -0.970. The molecule has 1 N–H and O–H groups in total. The first-order valence-corrected chi connectivity index (χ1v) is 8.61. The molecule has 1 aromatic rings. The molecule has 24 heavy (non-hydrogen) atoms. The molecule has 2 rings (SSSR count). The van der Waals surface area contributed by atoms with Crippen molar-refractivity contribution in [3.63, 3.8) is 0 Å². The third kappa shape index (κ3) is 3.51. The molecule has 0 radical (unpaired) electrons. The number of thioether (sulfide) groups is 1. The van der Waals surface area contributed by atoms with Crippen LogP contribution in [0.4, 0.5) is 4.79 Å². The summed E-state index contributed by atoms with van der Waals surface area (Å²) in [5, 5.41) is 9.30. The molecule has 1 atom stereocenters. The molecule has 2 amide bonds. The van der Waals surface area contributed by atoms with Gasteiger partial charge in [0, 0.05) is 0 Å². The summed E-state index contributed by atoms with van der Waals surface area (Å²) in [5.41, 5.74) is 0.588. The van der Waals surface area contributed by atoms with E-state index in [0.717, 1.165) is 16.7 Å². The van der Waals surface area contributed by atoms with Crippen molar-refractivity contribution in [1.82, 2.24) is 4.90 Å². The topological polar surface area (TPSA) is 93.1 Å². The number of benzene rings is 1. The first-order chi connectivity index (χ1) is 11.3. The van der Waals surface area contributed by atoms with Crippen molar-refractivity contribution in [1.29, 1.82) is 0 Å². The Bertz CT molecular complexity index is 748. The number of carbonyl (C=O) groups excluding carboxylic acids is 3. The number of carbonyl (C=O) groups is 3. The van der Waals surface area contributed by atoms with E-state index in [1.54, 1.807) is 12.1 Å². The Morgan fingerprint density at radius 2 is 2.04 bits per heavy atom.